The minimum atomic E-state index is 0.471. The predicted octanol–water partition coefficient (Wildman–Crippen LogP) is 3.57. The van der Waals surface area contributed by atoms with Gasteiger partial charge in [-0.05, 0) is 30.7 Å². The molecule has 8 heteroatoms. The first kappa shape index (κ1) is 16.4. The van der Waals surface area contributed by atoms with Gasteiger partial charge >= 0.3 is 0 Å². The highest BCUT2D eigenvalue weighted by Crippen LogP contribution is 2.24. The van der Waals surface area contributed by atoms with Crippen molar-refractivity contribution in [3.05, 3.63) is 59.9 Å². The average molecular weight is 366 g/mol. The third-order valence-corrected chi connectivity index (χ3v) is 4.20. The van der Waals surface area contributed by atoms with Gasteiger partial charge in [0.2, 0.25) is 0 Å². The van der Waals surface area contributed by atoms with Crippen LogP contribution in [0.25, 0.3) is 22.6 Å². The first-order valence-corrected chi connectivity index (χ1v) is 8.60. The van der Waals surface area contributed by atoms with E-state index < -0.39 is 0 Å². The van der Waals surface area contributed by atoms with Crippen LogP contribution in [0.1, 0.15) is 12.5 Å². The molecule has 0 aliphatic heterocycles. The monoisotopic (exact) mass is 365 g/mol. The Morgan fingerprint density at radius 2 is 2.04 bits per heavy atom. The molecule has 0 saturated carbocycles. The number of nitrogens with one attached hydrogen (secondary N) is 1. The Labute approximate surface area is 155 Å². The highest BCUT2D eigenvalue weighted by atomic mass is 35.5. The van der Waals surface area contributed by atoms with Crippen LogP contribution in [0, 0.1) is 0 Å². The quantitative estimate of drug-likeness (QED) is 0.544. The Hall–Kier alpha value is -3.06. The maximum Gasteiger partial charge on any atom is 0.166 e. The summed E-state index contributed by atoms with van der Waals surface area (Å²) in [6, 6.07) is 7.49. The number of imidazole rings is 1. The molecule has 0 aliphatic carbocycles. The van der Waals surface area contributed by atoms with E-state index in [1.165, 1.54) is 0 Å². The van der Waals surface area contributed by atoms with Gasteiger partial charge in [0.15, 0.2) is 17.3 Å². The van der Waals surface area contributed by atoms with E-state index in [-0.39, 0.29) is 0 Å². The van der Waals surface area contributed by atoms with Crippen molar-refractivity contribution in [1.82, 2.24) is 29.5 Å². The number of pyridine rings is 2. The summed E-state index contributed by atoms with van der Waals surface area (Å²) >= 11 is 5.84. The molecule has 1 N–H and O–H groups in total. The second-order valence-electron chi connectivity index (χ2n) is 5.68. The molecule has 0 spiro atoms. The van der Waals surface area contributed by atoms with Crippen molar-refractivity contribution in [2.75, 3.05) is 5.32 Å². The number of halogens is 1. The summed E-state index contributed by atoms with van der Waals surface area (Å²) in [4.78, 5) is 22.1. The summed E-state index contributed by atoms with van der Waals surface area (Å²) in [7, 11) is 0. The van der Waals surface area contributed by atoms with Gasteiger partial charge in [0.05, 0.1) is 6.33 Å². The molecule has 0 saturated heterocycles. The summed E-state index contributed by atoms with van der Waals surface area (Å²) in [6.45, 7) is 3.39. The number of rotatable bonds is 5. The van der Waals surface area contributed by atoms with Gasteiger partial charge < -0.3 is 9.88 Å². The Kier molecular flexibility index (Phi) is 4.45. The SMILES string of the molecule is CCn1cnc2c(NCc3ccc(Cl)nc3)nc(-c3cccnc3)nc21. The number of hydrogen-bond acceptors (Lipinski definition) is 6. The number of nitrogens with zero attached hydrogens (tertiary/aromatic N) is 6. The smallest absolute Gasteiger partial charge is 0.166 e. The molecule has 4 heterocycles. The largest absolute Gasteiger partial charge is 0.364 e. The zero-order chi connectivity index (χ0) is 17.9. The van der Waals surface area contributed by atoms with Gasteiger partial charge in [0.1, 0.15) is 10.7 Å². The lowest BCUT2D eigenvalue weighted by Gasteiger charge is -2.09. The predicted molar refractivity (Wildman–Crippen MR) is 101 cm³/mol. The van der Waals surface area contributed by atoms with Crippen LogP contribution in [0.5, 0.6) is 0 Å². The van der Waals surface area contributed by atoms with E-state index in [2.05, 4.69) is 37.2 Å². The van der Waals surface area contributed by atoms with E-state index in [1.54, 1.807) is 31.0 Å². The fourth-order valence-electron chi connectivity index (χ4n) is 2.62. The third kappa shape index (κ3) is 3.21. The number of fused-ring (bicyclic) bond motifs is 1. The lowest BCUT2D eigenvalue weighted by atomic mass is 10.2. The number of hydrogen-bond donors (Lipinski definition) is 1. The summed E-state index contributed by atoms with van der Waals surface area (Å²) in [6.07, 6.45) is 6.99. The minimum Gasteiger partial charge on any atom is -0.364 e. The molecular weight excluding hydrogens is 350 g/mol. The van der Waals surface area contributed by atoms with Gasteiger partial charge in [-0.2, -0.15) is 0 Å². The van der Waals surface area contributed by atoms with Crippen LogP contribution in [0.15, 0.2) is 49.2 Å². The van der Waals surface area contributed by atoms with Crippen LogP contribution >= 0.6 is 11.6 Å². The first-order valence-electron chi connectivity index (χ1n) is 8.22. The molecule has 4 aromatic rings. The van der Waals surface area contributed by atoms with Gasteiger partial charge in [-0.15, -0.1) is 0 Å². The van der Waals surface area contributed by atoms with Gasteiger partial charge in [-0.25, -0.2) is 19.9 Å². The summed E-state index contributed by atoms with van der Waals surface area (Å²) in [5, 5.41) is 3.81. The van der Waals surface area contributed by atoms with E-state index in [9.17, 15) is 0 Å². The zero-order valence-electron chi connectivity index (χ0n) is 14.1. The van der Waals surface area contributed by atoms with E-state index in [0.29, 0.717) is 23.3 Å². The molecule has 0 fully saturated rings. The molecule has 0 aliphatic rings. The number of anilines is 1. The van der Waals surface area contributed by atoms with Crippen LogP contribution in [0.4, 0.5) is 5.82 Å². The standard InChI is InChI=1S/C18H16ClN7/c1-2-26-11-23-15-17(22-9-12-5-6-14(19)21-8-12)24-16(25-18(15)26)13-4-3-7-20-10-13/h3-8,10-11H,2,9H2,1H3,(H,22,24,25). The lowest BCUT2D eigenvalue weighted by Crippen LogP contribution is -2.05. The molecule has 0 radical (unpaired) electrons. The van der Waals surface area contributed by atoms with Crippen LogP contribution in [0.2, 0.25) is 5.15 Å². The van der Waals surface area contributed by atoms with Crippen LogP contribution in [0.3, 0.4) is 0 Å². The fraction of sp³-hybridized carbons (Fsp3) is 0.167. The molecule has 130 valence electrons. The normalized spacial score (nSPS) is 11.0. The molecule has 0 aromatic carbocycles. The lowest BCUT2D eigenvalue weighted by molar-refractivity contribution is 0.777. The van der Waals surface area contributed by atoms with E-state index >= 15 is 0 Å². The van der Waals surface area contributed by atoms with Crippen molar-refractivity contribution in [2.45, 2.75) is 20.0 Å². The zero-order valence-corrected chi connectivity index (χ0v) is 14.9. The topological polar surface area (TPSA) is 81.4 Å². The highest BCUT2D eigenvalue weighted by Gasteiger charge is 2.14. The van der Waals surface area contributed by atoms with Crippen LogP contribution in [-0.2, 0) is 13.1 Å². The second kappa shape index (κ2) is 7.05. The van der Waals surface area contributed by atoms with E-state index in [0.717, 1.165) is 28.8 Å². The van der Waals surface area contributed by atoms with Crippen molar-refractivity contribution in [2.24, 2.45) is 0 Å². The molecule has 4 aromatic heterocycles. The summed E-state index contributed by atoms with van der Waals surface area (Å²) in [5.41, 5.74) is 3.38. The van der Waals surface area contributed by atoms with Gasteiger partial charge in [0, 0.05) is 37.2 Å². The van der Waals surface area contributed by atoms with Crippen molar-refractivity contribution < 1.29 is 0 Å². The minimum absolute atomic E-state index is 0.471. The second-order valence-corrected chi connectivity index (χ2v) is 6.07. The van der Waals surface area contributed by atoms with Crippen LogP contribution in [-0.4, -0.2) is 29.5 Å². The number of aromatic nitrogens is 6. The summed E-state index contributed by atoms with van der Waals surface area (Å²) in [5.74, 6) is 1.29. The van der Waals surface area contributed by atoms with Crippen molar-refractivity contribution >= 4 is 28.6 Å². The molecule has 7 nitrogen and oxygen atoms in total. The van der Waals surface area contributed by atoms with Crippen molar-refractivity contribution in [3.63, 3.8) is 0 Å². The molecule has 0 atom stereocenters. The molecule has 0 bridgehead atoms. The van der Waals surface area contributed by atoms with Gasteiger partial charge in [-0.1, -0.05) is 17.7 Å². The summed E-state index contributed by atoms with van der Waals surface area (Å²) < 4.78 is 1.99. The van der Waals surface area contributed by atoms with Crippen molar-refractivity contribution in [3.8, 4) is 11.4 Å². The Bertz CT molecular complexity index is 1030. The fourth-order valence-corrected chi connectivity index (χ4v) is 2.73. The maximum atomic E-state index is 5.84. The highest BCUT2D eigenvalue weighted by molar-refractivity contribution is 6.29. The first-order chi connectivity index (χ1) is 12.7. The van der Waals surface area contributed by atoms with E-state index in [4.69, 9.17) is 11.6 Å². The number of aryl methyl sites for hydroxylation is 1. The molecule has 26 heavy (non-hydrogen) atoms. The van der Waals surface area contributed by atoms with Gasteiger partial charge in [0.25, 0.3) is 0 Å². The molecular formula is C18H16ClN7. The molecule has 4 rings (SSSR count). The van der Waals surface area contributed by atoms with Gasteiger partial charge in [-0.3, -0.25) is 4.98 Å². The Morgan fingerprint density at radius 3 is 2.77 bits per heavy atom. The van der Waals surface area contributed by atoms with Crippen LogP contribution < -0.4 is 5.32 Å². The van der Waals surface area contributed by atoms with E-state index in [1.807, 2.05) is 22.8 Å². The maximum absolute atomic E-state index is 5.84. The van der Waals surface area contributed by atoms with Crippen molar-refractivity contribution in [1.29, 1.82) is 0 Å². The third-order valence-electron chi connectivity index (χ3n) is 3.97. The Morgan fingerprint density at radius 1 is 1.12 bits per heavy atom. The molecule has 0 amide bonds. The average Bonchev–Trinajstić information content (AvgIpc) is 3.11. The molecule has 0 unspecified atom stereocenters. The Balaban J connectivity index is 1.74.